The van der Waals surface area contributed by atoms with Gasteiger partial charge in [0.15, 0.2) is 5.13 Å². The Kier molecular flexibility index (Phi) is 7.08. The molecule has 178 valence electrons. The molecule has 1 amide bonds. The van der Waals surface area contributed by atoms with Crippen molar-refractivity contribution in [1.82, 2.24) is 18.5 Å². The quantitative estimate of drug-likeness (QED) is 0.391. The lowest BCUT2D eigenvalue weighted by Crippen LogP contribution is -2.36. The second kappa shape index (κ2) is 10.0. The Morgan fingerprint density at radius 2 is 1.85 bits per heavy atom. The summed E-state index contributed by atoms with van der Waals surface area (Å²) in [4.78, 5) is 42.4. The van der Waals surface area contributed by atoms with Crippen molar-refractivity contribution in [2.75, 3.05) is 5.32 Å². The second-order valence-electron chi connectivity index (χ2n) is 8.29. The normalized spacial score (nSPS) is 12.2. The predicted molar refractivity (Wildman–Crippen MR) is 138 cm³/mol. The number of nitrogens with zero attached hydrogens (tertiary/aromatic N) is 4. The molecule has 0 aliphatic carbocycles. The van der Waals surface area contributed by atoms with Gasteiger partial charge in [0.2, 0.25) is 5.91 Å². The van der Waals surface area contributed by atoms with Crippen LogP contribution in [0.5, 0.6) is 0 Å². The van der Waals surface area contributed by atoms with Crippen LogP contribution in [-0.4, -0.2) is 24.4 Å². The summed E-state index contributed by atoms with van der Waals surface area (Å²) in [5.41, 5.74) is 2.64. The summed E-state index contributed by atoms with van der Waals surface area (Å²) in [6.45, 7) is 4.43. The standard InChI is InChI=1S/C24H27N5O3S2/c1-5-7-14(6-2)15-8-10-16(11-9-15)18-13-33-23(25-18)26-19(30)12-17-20-21(31)28(3)24(32)29(4)22(20)34-27-17/h8-11,13-14H,5-7,12H2,1-4H3,(H,25,26,30). The summed E-state index contributed by atoms with van der Waals surface area (Å²) >= 11 is 2.39. The summed E-state index contributed by atoms with van der Waals surface area (Å²) in [5.74, 6) is 0.259. The van der Waals surface area contributed by atoms with Crippen molar-refractivity contribution < 1.29 is 4.79 Å². The van der Waals surface area contributed by atoms with Gasteiger partial charge in [0.05, 0.1) is 23.2 Å². The van der Waals surface area contributed by atoms with Gasteiger partial charge in [-0.2, -0.15) is 4.37 Å². The van der Waals surface area contributed by atoms with E-state index in [2.05, 4.69) is 52.8 Å². The molecule has 0 saturated heterocycles. The van der Waals surface area contributed by atoms with Gasteiger partial charge in [-0.25, -0.2) is 9.78 Å². The van der Waals surface area contributed by atoms with Crippen molar-refractivity contribution in [2.24, 2.45) is 14.1 Å². The summed E-state index contributed by atoms with van der Waals surface area (Å²) in [7, 11) is 3.00. The molecule has 0 radical (unpaired) electrons. The molecule has 0 aliphatic rings. The van der Waals surface area contributed by atoms with Gasteiger partial charge in [-0.05, 0) is 35.9 Å². The summed E-state index contributed by atoms with van der Waals surface area (Å²) < 4.78 is 6.67. The summed E-state index contributed by atoms with van der Waals surface area (Å²) in [5, 5.41) is 5.51. The monoisotopic (exact) mass is 497 g/mol. The molecule has 0 spiro atoms. The van der Waals surface area contributed by atoms with E-state index in [-0.39, 0.29) is 12.3 Å². The lowest BCUT2D eigenvalue weighted by Gasteiger charge is -2.14. The largest absolute Gasteiger partial charge is 0.331 e. The van der Waals surface area contributed by atoms with Gasteiger partial charge in [-0.15, -0.1) is 11.3 Å². The average Bonchev–Trinajstić information content (AvgIpc) is 3.47. The zero-order valence-electron chi connectivity index (χ0n) is 19.6. The number of fused-ring (bicyclic) bond motifs is 1. The molecule has 4 aromatic rings. The highest BCUT2D eigenvalue weighted by Gasteiger charge is 2.19. The number of carbonyl (C=O) groups excluding carboxylic acids is 1. The van der Waals surface area contributed by atoms with Gasteiger partial charge in [-0.1, -0.05) is 44.5 Å². The highest BCUT2D eigenvalue weighted by atomic mass is 32.1. The highest BCUT2D eigenvalue weighted by Crippen LogP contribution is 2.29. The number of thiazole rings is 1. The first-order valence-corrected chi connectivity index (χ1v) is 12.9. The molecular formula is C24H27N5O3S2. The molecular weight excluding hydrogens is 470 g/mol. The van der Waals surface area contributed by atoms with Crippen molar-refractivity contribution in [3.8, 4) is 11.3 Å². The summed E-state index contributed by atoms with van der Waals surface area (Å²) in [6.07, 6.45) is 3.39. The number of hydrogen-bond acceptors (Lipinski definition) is 7. The number of amides is 1. The summed E-state index contributed by atoms with van der Waals surface area (Å²) in [6, 6.07) is 8.49. The van der Waals surface area contributed by atoms with Crippen molar-refractivity contribution >= 4 is 44.1 Å². The predicted octanol–water partition coefficient (Wildman–Crippen LogP) is 4.29. The smallest absolute Gasteiger partial charge is 0.302 e. The van der Waals surface area contributed by atoms with E-state index in [1.807, 2.05) is 5.38 Å². The van der Waals surface area contributed by atoms with Crippen LogP contribution in [0.1, 0.15) is 50.3 Å². The average molecular weight is 498 g/mol. The fourth-order valence-corrected chi connectivity index (χ4v) is 5.69. The molecule has 10 heteroatoms. The first-order valence-electron chi connectivity index (χ1n) is 11.2. The van der Waals surface area contributed by atoms with Crippen LogP contribution in [0.25, 0.3) is 21.5 Å². The maximum absolute atomic E-state index is 12.7. The fraction of sp³-hybridized carbons (Fsp3) is 0.375. The number of rotatable bonds is 8. The Morgan fingerprint density at radius 1 is 1.12 bits per heavy atom. The van der Waals surface area contributed by atoms with Crippen LogP contribution in [0.15, 0.2) is 39.2 Å². The molecule has 0 aliphatic heterocycles. The number of aryl methyl sites for hydroxylation is 1. The van der Waals surface area contributed by atoms with Gasteiger partial charge >= 0.3 is 5.69 Å². The van der Waals surface area contributed by atoms with Crippen LogP contribution in [0.3, 0.4) is 0 Å². The van der Waals surface area contributed by atoms with E-state index >= 15 is 0 Å². The number of anilines is 1. The topological polar surface area (TPSA) is 98.9 Å². The third kappa shape index (κ3) is 4.60. The molecule has 0 fully saturated rings. The Morgan fingerprint density at radius 3 is 2.53 bits per heavy atom. The van der Waals surface area contributed by atoms with Crippen LogP contribution < -0.4 is 16.6 Å². The number of nitrogens with one attached hydrogen (secondary N) is 1. The maximum atomic E-state index is 12.7. The number of carbonyl (C=O) groups is 1. The molecule has 1 aromatic carbocycles. The highest BCUT2D eigenvalue weighted by molar-refractivity contribution is 7.14. The van der Waals surface area contributed by atoms with E-state index in [0.29, 0.717) is 27.0 Å². The van der Waals surface area contributed by atoms with Crippen LogP contribution >= 0.6 is 22.9 Å². The van der Waals surface area contributed by atoms with Gasteiger partial charge in [0.1, 0.15) is 4.83 Å². The van der Waals surface area contributed by atoms with Crippen LogP contribution in [0.2, 0.25) is 0 Å². The van der Waals surface area contributed by atoms with Gasteiger partial charge in [0.25, 0.3) is 5.56 Å². The number of hydrogen-bond donors (Lipinski definition) is 1. The zero-order valence-corrected chi connectivity index (χ0v) is 21.3. The van der Waals surface area contributed by atoms with Crippen LogP contribution in [0.4, 0.5) is 5.13 Å². The Labute approximate surface area is 205 Å². The third-order valence-electron chi connectivity index (χ3n) is 6.03. The van der Waals surface area contributed by atoms with E-state index in [9.17, 15) is 14.4 Å². The molecule has 34 heavy (non-hydrogen) atoms. The molecule has 8 nitrogen and oxygen atoms in total. The van der Waals surface area contributed by atoms with E-state index in [1.54, 1.807) is 7.05 Å². The SMILES string of the molecule is CCCC(CC)c1ccc(-c2csc(NC(=O)Cc3nsc4c3c(=O)n(C)c(=O)n4C)n2)cc1. The first-order chi connectivity index (χ1) is 16.3. The fourth-order valence-electron chi connectivity index (χ4n) is 4.10. The molecule has 0 saturated carbocycles. The molecule has 1 N–H and O–H groups in total. The molecule has 3 heterocycles. The van der Waals surface area contributed by atoms with E-state index < -0.39 is 11.2 Å². The van der Waals surface area contributed by atoms with Crippen LogP contribution in [-0.2, 0) is 25.3 Å². The Hall–Kier alpha value is -3.11. The lowest BCUT2D eigenvalue weighted by molar-refractivity contribution is -0.115. The minimum Gasteiger partial charge on any atom is -0.302 e. The molecule has 1 atom stereocenters. The minimum absolute atomic E-state index is 0.0765. The molecule has 0 bridgehead atoms. The van der Waals surface area contributed by atoms with Crippen molar-refractivity contribution in [1.29, 1.82) is 0 Å². The van der Waals surface area contributed by atoms with E-state index in [1.165, 1.54) is 41.4 Å². The van der Waals surface area contributed by atoms with Crippen molar-refractivity contribution in [3.05, 3.63) is 61.7 Å². The maximum Gasteiger partial charge on any atom is 0.331 e. The zero-order chi connectivity index (χ0) is 24.4. The number of aromatic nitrogens is 4. The molecule has 4 rings (SSSR count). The third-order valence-corrected chi connectivity index (χ3v) is 7.75. The van der Waals surface area contributed by atoms with Gasteiger partial charge in [-0.3, -0.25) is 18.7 Å². The van der Waals surface area contributed by atoms with E-state index in [4.69, 9.17) is 0 Å². The van der Waals surface area contributed by atoms with Gasteiger partial charge < -0.3 is 5.32 Å². The Balaban J connectivity index is 1.48. The second-order valence-corrected chi connectivity index (χ2v) is 9.90. The van der Waals surface area contributed by atoms with Crippen molar-refractivity contribution in [3.63, 3.8) is 0 Å². The van der Waals surface area contributed by atoms with Gasteiger partial charge in [0, 0.05) is 25.0 Å². The molecule has 1 unspecified atom stereocenters. The first kappa shape index (κ1) is 24.0. The minimum atomic E-state index is -0.445. The number of benzene rings is 1. The van der Waals surface area contributed by atoms with Crippen molar-refractivity contribution in [2.45, 2.75) is 45.4 Å². The molecule has 3 aromatic heterocycles. The Bertz CT molecular complexity index is 1450. The lowest BCUT2D eigenvalue weighted by atomic mass is 9.91. The van der Waals surface area contributed by atoms with Crippen LogP contribution in [0, 0.1) is 0 Å². The van der Waals surface area contributed by atoms with E-state index in [0.717, 1.165) is 33.8 Å².